The molecular weight excluding hydrogens is 242 g/mol. The second-order valence-electron chi connectivity index (χ2n) is 5.06. The van der Waals surface area contributed by atoms with Crippen LogP contribution in [-0.2, 0) is 0 Å². The van der Waals surface area contributed by atoms with Gasteiger partial charge in [-0.2, -0.15) is 0 Å². The molecule has 0 radical (unpaired) electrons. The molecule has 1 heteroatoms. The number of aromatic nitrogens is 1. The van der Waals surface area contributed by atoms with Crippen LogP contribution < -0.4 is 0 Å². The van der Waals surface area contributed by atoms with Crippen molar-refractivity contribution in [3.8, 4) is 22.4 Å². The topological polar surface area (TPSA) is 12.9 Å². The van der Waals surface area contributed by atoms with Crippen LogP contribution in [0.25, 0.3) is 22.4 Å². The van der Waals surface area contributed by atoms with E-state index < -0.39 is 0 Å². The molecule has 1 heterocycles. The fourth-order valence-corrected chi connectivity index (χ4v) is 2.46. The molecule has 20 heavy (non-hydrogen) atoms. The van der Waals surface area contributed by atoms with Crippen LogP contribution in [0.2, 0.25) is 0 Å². The van der Waals surface area contributed by atoms with Crippen LogP contribution >= 0.6 is 0 Å². The minimum absolute atomic E-state index is 1.04. The molecule has 0 amide bonds. The Labute approximate surface area is 119 Å². The minimum atomic E-state index is 1.04. The maximum absolute atomic E-state index is 4.69. The van der Waals surface area contributed by atoms with E-state index in [2.05, 4.69) is 67.6 Å². The first-order valence-corrected chi connectivity index (χ1v) is 6.84. The second kappa shape index (κ2) is 5.30. The molecule has 1 aromatic heterocycles. The first-order chi connectivity index (χ1) is 9.74. The van der Waals surface area contributed by atoms with Crippen LogP contribution in [0.3, 0.4) is 0 Å². The molecule has 0 saturated heterocycles. The molecule has 98 valence electrons. The Hall–Kier alpha value is -2.41. The summed E-state index contributed by atoms with van der Waals surface area (Å²) in [4.78, 5) is 4.69. The van der Waals surface area contributed by atoms with Gasteiger partial charge in [0.1, 0.15) is 0 Å². The zero-order valence-corrected chi connectivity index (χ0v) is 11.8. The van der Waals surface area contributed by atoms with Gasteiger partial charge < -0.3 is 0 Å². The molecular formula is C19H17N. The summed E-state index contributed by atoms with van der Waals surface area (Å²) in [6.07, 6.45) is 0. The SMILES string of the molecule is Cc1cc(-c2ccccc2)cc(-c2ccccc2C)n1. The van der Waals surface area contributed by atoms with Crippen LogP contribution in [0.1, 0.15) is 11.3 Å². The molecule has 0 N–H and O–H groups in total. The van der Waals surface area contributed by atoms with E-state index in [1.54, 1.807) is 0 Å². The highest BCUT2D eigenvalue weighted by Gasteiger charge is 2.06. The molecule has 0 spiro atoms. The van der Waals surface area contributed by atoms with Crippen LogP contribution in [0.4, 0.5) is 0 Å². The van der Waals surface area contributed by atoms with Gasteiger partial charge >= 0.3 is 0 Å². The third-order valence-corrected chi connectivity index (χ3v) is 3.48. The number of nitrogens with zero attached hydrogens (tertiary/aromatic N) is 1. The average Bonchev–Trinajstić information content (AvgIpc) is 2.48. The van der Waals surface area contributed by atoms with Gasteiger partial charge in [-0.1, -0.05) is 54.6 Å². The summed E-state index contributed by atoms with van der Waals surface area (Å²) in [7, 11) is 0. The van der Waals surface area contributed by atoms with Crippen molar-refractivity contribution in [2.45, 2.75) is 13.8 Å². The molecule has 2 aromatic carbocycles. The molecule has 1 nitrogen and oxygen atoms in total. The Morgan fingerprint density at radius 3 is 2.15 bits per heavy atom. The Morgan fingerprint density at radius 2 is 1.40 bits per heavy atom. The summed E-state index contributed by atoms with van der Waals surface area (Å²) in [6, 6.07) is 23.1. The van der Waals surface area contributed by atoms with Gasteiger partial charge in [0.15, 0.2) is 0 Å². The third kappa shape index (κ3) is 2.48. The van der Waals surface area contributed by atoms with Crippen molar-refractivity contribution in [2.75, 3.05) is 0 Å². The Balaban J connectivity index is 2.15. The van der Waals surface area contributed by atoms with Crippen LogP contribution in [0.5, 0.6) is 0 Å². The van der Waals surface area contributed by atoms with Gasteiger partial charge in [0.2, 0.25) is 0 Å². The molecule has 0 aliphatic rings. The predicted molar refractivity (Wildman–Crippen MR) is 84.6 cm³/mol. The normalized spacial score (nSPS) is 10.5. The molecule has 0 saturated carbocycles. The zero-order chi connectivity index (χ0) is 13.9. The Kier molecular flexibility index (Phi) is 3.34. The maximum Gasteiger partial charge on any atom is 0.0714 e. The number of hydrogen-bond donors (Lipinski definition) is 0. The third-order valence-electron chi connectivity index (χ3n) is 3.48. The molecule has 0 atom stereocenters. The van der Waals surface area contributed by atoms with Crippen molar-refractivity contribution in [3.63, 3.8) is 0 Å². The summed E-state index contributed by atoms with van der Waals surface area (Å²) in [6.45, 7) is 4.18. The van der Waals surface area contributed by atoms with E-state index in [1.807, 2.05) is 13.0 Å². The van der Waals surface area contributed by atoms with E-state index in [-0.39, 0.29) is 0 Å². The monoisotopic (exact) mass is 259 g/mol. The molecule has 0 unspecified atom stereocenters. The lowest BCUT2D eigenvalue weighted by molar-refractivity contribution is 1.20. The van der Waals surface area contributed by atoms with E-state index in [0.717, 1.165) is 11.4 Å². The summed E-state index contributed by atoms with van der Waals surface area (Å²) >= 11 is 0. The maximum atomic E-state index is 4.69. The van der Waals surface area contributed by atoms with Gasteiger partial charge in [0, 0.05) is 11.3 Å². The second-order valence-corrected chi connectivity index (χ2v) is 5.06. The van der Waals surface area contributed by atoms with Gasteiger partial charge in [-0.25, -0.2) is 0 Å². The van der Waals surface area contributed by atoms with Gasteiger partial charge in [-0.3, -0.25) is 4.98 Å². The van der Waals surface area contributed by atoms with E-state index in [0.29, 0.717) is 0 Å². The summed E-state index contributed by atoms with van der Waals surface area (Å²) in [5.74, 6) is 0. The van der Waals surface area contributed by atoms with Gasteiger partial charge in [-0.15, -0.1) is 0 Å². The van der Waals surface area contributed by atoms with E-state index >= 15 is 0 Å². The highest BCUT2D eigenvalue weighted by atomic mass is 14.7. The largest absolute Gasteiger partial charge is 0.253 e. The van der Waals surface area contributed by atoms with E-state index in [9.17, 15) is 0 Å². The molecule has 3 aromatic rings. The first-order valence-electron chi connectivity index (χ1n) is 6.84. The van der Waals surface area contributed by atoms with Crippen molar-refractivity contribution in [1.29, 1.82) is 0 Å². The lowest BCUT2D eigenvalue weighted by Crippen LogP contribution is -1.91. The van der Waals surface area contributed by atoms with Crippen LogP contribution in [0.15, 0.2) is 66.7 Å². The minimum Gasteiger partial charge on any atom is -0.253 e. The van der Waals surface area contributed by atoms with Gasteiger partial charge in [0.05, 0.1) is 5.69 Å². The van der Waals surface area contributed by atoms with Crippen molar-refractivity contribution in [1.82, 2.24) is 4.98 Å². The van der Waals surface area contributed by atoms with Gasteiger partial charge in [0.25, 0.3) is 0 Å². The van der Waals surface area contributed by atoms with E-state index in [4.69, 9.17) is 4.98 Å². The van der Waals surface area contributed by atoms with Crippen LogP contribution in [-0.4, -0.2) is 4.98 Å². The number of pyridine rings is 1. The average molecular weight is 259 g/mol. The molecule has 0 bridgehead atoms. The quantitative estimate of drug-likeness (QED) is 0.628. The molecule has 0 aliphatic heterocycles. The number of benzene rings is 2. The highest BCUT2D eigenvalue weighted by Crippen LogP contribution is 2.27. The Bertz CT molecular complexity index is 730. The number of rotatable bonds is 2. The smallest absolute Gasteiger partial charge is 0.0714 e. The predicted octanol–water partition coefficient (Wildman–Crippen LogP) is 5.03. The molecule has 0 fully saturated rings. The van der Waals surface area contributed by atoms with Gasteiger partial charge in [-0.05, 0) is 42.7 Å². The van der Waals surface area contributed by atoms with E-state index in [1.165, 1.54) is 22.3 Å². The number of hydrogen-bond acceptors (Lipinski definition) is 1. The van der Waals surface area contributed by atoms with Crippen molar-refractivity contribution in [3.05, 3.63) is 78.0 Å². The fourth-order valence-electron chi connectivity index (χ4n) is 2.46. The summed E-state index contributed by atoms with van der Waals surface area (Å²) in [5.41, 5.74) is 6.99. The lowest BCUT2D eigenvalue weighted by atomic mass is 10.00. The molecule has 0 aliphatic carbocycles. The lowest BCUT2D eigenvalue weighted by Gasteiger charge is -2.09. The van der Waals surface area contributed by atoms with Crippen molar-refractivity contribution >= 4 is 0 Å². The Morgan fingerprint density at radius 1 is 0.700 bits per heavy atom. The number of aryl methyl sites for hydroxylation is 2. The van der Waals surface area contributed by atoms with Crippen LogP contribution in [0, 0.1) is 13.8 Å². The van der Waals surface area contributed by atoms with Crippen molar-refractivity contribution < 1.29 is 0 Å². The zero-order valence-electron chi connectivity index (χ0n) is 11.8. The highest BCUT2D eigenvalue weighted by molar-refractivity contribution is 5.72. The summed E-state index contributed by atoms with van der Waals surface area (Å²) in [5, 5.41) is 0. The standard InChI is InChI=1S/C19H17N/c1-14-8-6-7-11-18(14)19-13-17(12-15(2)20-19)16-9-4-3-5-10-16/h3-13H,1-2H3. The summed E-state index contributed by atoms with van der Waals surface area (Å²) < 4.78 is 0. The fraction of sp³-hybridized carbons (Fsp3) is 0.105. The van der Waals surface area contributed by atoms with Crippen molar-refractivity contribution in [2.24, 2.45) is 0 Å². The molecule has 3 rings (SSSR count). The first kappa shape index (κ1) is 12.6.